The van der Waals surface area contributed by atoms with Gasteiger partial charge in [-0.05, 0) is 36.3 Å². The highest BCUT2D eigenvalue weighted by atomic mass is 14.3. The Bertz CT molecular complexity index is 468. The number of hydrogen-bond acceptors (Lipinski definition) is 0. The van der Waals surface area contributed by atoms with E-state index < -0.39 is 0 Å². The molecule has 3 rings (SSSR count). The van der Waals surface area contributed by atoms with E-state index in [4.69, 9.17) is 0 Å². The average molecular weight is 235 g/mol. The van der Waals surface area contributed by atoms with Crippen molar-refractivity contribution in [2.24, 2.45) is 5.92 Å². The highest BCUT2D eigenvalue weighted by Crippen LogP contribution is 2.40. The first-order valence-corrected chi connectivity index (χ1v) is 6.88. The Morgan fingerprint density at radius 2 is 1.44 bits per heavy atom. The van der Waals surface area contributed by atoms with Crippen LogP contribution >= 0.6 is 0 Å². The molecule has 0 N–H and O–H groups in total. The second-order valence-corrected chi connectivity index (χ2v) is 5.18. The molecule has 0 aliphatic heterocycles. The zero-order valence-electron chi connectivity index (χ0n) is 10.7. The van der Waals surface area contributed by atoms with E-state index in [0.717, 1.165) is 12.3 Å². The molecule has 2 aromatic rings. The smallest absolute Gasteiger partial charge is 0.0124 e. The van der Waals surface area contributed by atoms with Gasteiger partial charge >= 0.3 is 0 Å². The van der Waals surface area contributed by atoms with Gasteiger partial charge in [-0.1, -0.05) is 67.1 Å². The van der Waals surface area contributed by atoms with E-state index in [-0.39, 0.29) is 0 Å². The van der Waals surface area contributed by atoms with Crippen LogP contribution < -0.4 is 0 Å². The molecular formula is C18H19. The van der Waals surface area contributed by atoms with Gasteiger partial charge in [0.2, 0.25) is 0 Å². The Balaban J connectivity index is 1.82. The van der Waals surface area contributed by atoms with E-state index in [1.54, 1.807) is 5.92 Å². The third kappa shape index (κ3) is 2.48. The molecule has 1 radical (unpaired) electrons. The standard InChI is InChI=1S/C18H19/c1-3-8-15(9-4-1)14-18(17-12-7-13-17)16-10-5-2-6-11-16/h1-6,8-11,17H,7,12-14H2. The van der Waals surface area contributed by atoms with E-state index in [0.29, 0.717) is 0 Å². The molecule has 0 nitrogen and oxygen atoms in total. The summed E-state index contributed by atoms with van der Waals surface area (Å²) in [5.41, 5.74) is 2.87. The molecule has 0 spiro atoms. The Labute approximate surface area is 110 Å². The average Bonchev–Trinajstić information content (AvgIpc) is 2.38. The summed E-state index contributed by atoms with van der Waals surface area (Å²) in [6, 6.07) is 21.8. The molecule has 1 fully saturated rings. The van der Waals surface area contributed by atoms with Gasteiger partial charge < -0.3 is 0 Å². The molecular weight excluding hydrogens is 216 g/mol. The molecule has 0 unspecified atom stereocenters. The Hall–Kier alpha value is -1.56. The molecule has 1 saturated carbocycles. The zero-order chi connectivity index (χ0) is 12.2. The van der Waals surface area contributed by atoms with Crippen LogP contribution in [0, 0.1) is 11.8 Å². The van der Waals surface area contributed by atoms with Crippen LogP contribution in [0.3, 0.4) is 0 Å². The van der Waals surface area contributed by atoms with E-state index >= 15 is 0 Å². The summed E-state index contributed by atoms with van der Waals surface area (Å²) in [7, 11) is 0. The van der Waals surface area contributed by atoms with Gasteiger partial charge in [-0.25, -0.2) is 0 Å². The predicted octanol–water partition coefficient (Wildman–Crippen LogP) is 4.65. The fourth-order valence-electron chi connectivity index (χ4n) is 2.71. The number of rotatable bonds is 4. The summed E-state index contributed by atoms with van der Waals surface area (Å²) in [4.78, 5) is 0. The van der Waals surface area contributed by atoms with Crippen molar-refractivity contribution in [2.45, 2.75) is 25.7 Å². The first-order valence-electron chi connectivity index (χ1n) is 6.88. The van der Waals surface area contributed by atoms with Gasteiger partial charge in [0.15, 0.2) is 0 Å². The zero-order valence-corrected chi connectivity index (χ0v) is 10.7. The van der Waals surface area contributed by atoms with Crippen molar-refractivity contribution in [3.05, 3.63) is 77.7 Å². The summed E-state index contributed by atoms with van der Waals surface area (Å²) in [5, 5.41) is 0. The van der Waals surface area contributed by atoms with E-state index in [9.17, 15) is 0 Å². The molecule has 1 aliphatic rings. The van der Waals surface area contributed by atoms with Gasteiger partial charge in [-0.2, -0.15) is 0 Å². The molecule has 0 amide bonds. The Kier molecular flexibility index (Phi) is 3.45. The maximum atomic E-state index is 2.26. The van der Waals surface area contributed by atoms with E-state index in [1.165, 1.54) is 30.4 Å². The van der Waals surface area contributed by atoms with Gasteiger partial charge in [0, 0.05) is 5.92 Å². The van der Waals surface area contributed by atoms with Gasteiger partial charge in [0.25, 0.3) is 0 Å². The van der Waals surface area contributed by atoms with Crippen molar-refractivity contribution in [3.8, 4) is 0 Å². The topological polar surface area (TPSA) is 0 Å². The van der Waals surface area contributed by atoms with Crippen molar-refractivity contribution < 1.29 is 0 Å². The minimum absolute atomic E-state index is 0.813. The Morgan fingerprint density at radius 1 is 0.833 bits per heavy atom. The normalized spacial score (nSPS) is 15.6. The summed E-state index contributed by atoms with van der Waals surface area (Å²) in [5.74, 6) is 2.45. The third-order valence-electron chi connectivity index (χ3n) is 3.98. The lowest BCUT2D eigenvalue weighted by atomic mass is 9.71. The quantitative estimate of drug-likeness (QED) is 0.723. The van der Waals surface area contributed by atoms with Crippen molar-refractivity contribution in [2.75, 3.05) is 0 Å². The lowest BCUT2D eigenvalue weighted by Crippen LogP contribution is -2.23. The summed E-state index contributed by atoms with van der Waals surface area (Å²) in [6.45, 7) is 0. The second kappa shape index (κ2) is 5.39. The first-order chi connectivity index (χ1) is 8.93. The third-order valence-corrected chi connectivity index (χ3v) is 3.98. The fourth-order valence-corrected chi connectivity index (χ4v) is 2.71. The molecule has 0 saturated heterocycles. The van der Waals surface area contributed by atoms with Crippen molar-refractivity contribution in [1.82, 2.24) is 0 Å². The Morgan fingerprint density at radius 3 is 2.00 bits per heavy atom. The molecule has 2 aromatic carbocycles. The molecule has 18 heavy (non-hydrogen) atoms. The lowest BCUT2D eigenvalue weighted by molar-refractivity contribution is 0.332. The van der Waals surface area contributed by atoms with Gasteiger partial charge in [-0.3, -0.25) is 0 Å². The maximum absolute atomic E-state index is 2.26. The minimum Gasteiger partial charge on any atom is -0.0622 e. The van der Waals surface area contributed by atoms with Crippen LogP contribution in [-0.4, -0.2) is 0 Å². The van der Waals surface area contributed by atoms with Crippen molar-refractivity contribution >= 4 is 0 Å². The van der Waals surface area contributed by atoms with Crippen LogP contribution in [-0.2, 0) is 6.42 Å². The van der Waals surface area contributed by atoms with Crippen molar-refractivity contribution in [1.29, 1.82) is 0 Å². The van der Waals surface area contributed by atoms with Crippen LogP contribution in [0.5, 0.6) is 0 Å². The molecule has 0 bridgehead atoms. The van der Waals surface area contributed by atoms with Gasteiger partial charge in [0.05, 0.1) is 0 Å². The van der Waals surface area contributed by atoms with Crippen LogP contribution in [0.2, 0.25) is 0 Å². The fraction of sp³-hybridized carbons (Fsp3) is 0.278. The van der Waals surface area contributed by atoms with E-state index in [2.05, 4.69) is 60.7 Å². The van der Waals surface area contributed by atoms with Crippen molar-refractivity contribution in [3.63, 3.8) is 0 Å². The molecule has 0 aromatic heterocycles. The highest BCUT2D eigenvalue weighted by Gasteiger charge is 2.28. The highest BCUT2D eigenvalue weighted by molar-refractivity contribution is 5.36. The van der Waals surface area contributed by atoms with Gasteiger partial charge in [0.1, 0.15) is 0 Å². The van der Waals surface area contributed by atoms with E-state index in [1.807, 2.05) is 0 Å². The summed E-state index contributed by atoms with van der Waals surface area (Å²) < 4.78 is 0. The van der Waals surface area contributed by atoms with Crippen LogP contribution in [0.4, 0.5) is 0 Å². The molecule has 0 heterocycles. The number of hydrogen-bond donors (Lipinski definition) is 0. The number of benzene rings is 2. The predicted molar refractivity (Wildman–Crippen MR) is 76.3 cm³/mol. The summed E-state index contributed by atoms with van der Waals surface area (Å²) in [6.07, 6.45) is 5.25. The minimum atomic E-state index is 0.813. The van der Waals surface area contributed by atoms with Crippen LogP contribution in [0.1, 0.15) is 30.4 Å². The molecule has 1 aliphatic carbocycles. The maximum Gasteiger partial charge on any atom is 0.0124 e. The first kappa shape index (κ1) is 11.5. The molecule has 0 atom stereocenters. The second-order valence-electron chi connectivity index (χ2n) is 5.18. The molecule has 91 valence electrons. The largest absolute Gasteiger partial charge is 0.0622 e. The SMILES string of the molecule is c1ccc(C[C](c2ccccc2)C2CCC2)cc1. The van der Waals surface area contributed by atoms with Gasteiger partial charge in [-0.15, -0.1) is 0 Å². The van der Waals surface area contributed by atoms with Crippen LogP contribution in [0.25, 0.3) is 0 Å². The molecule has 0 heteroatoms. The monoisotopic (exact) mass is 235 g/mol. The lowest BCUT2D eigenvalue weighted by Gasteiger charge is -2.33. The van der Waals surface area contributed by atoms with Crippen LogP contribution in [0.15, 0.2) is 60.7 Å². The summed E-state index contributed by atoms with van der Waals surface area (Å²) >= 11 is 0.